The Morgan fingerprint density at radius 2 is 1.73 bits per heavy atom. The quantitative estimate of drug-likeness (QED) is 0.749. The van der Waals surface area contributed by atoms with E-state index in [0.717, 1.165) is 18.7 Å². The first-order chi connectivity index (χ1) is 7.42. The molecule has 0 saturated carbocycles. The number of nitrogens with zero attached hydrogens (tertiary/aromatic N) is 1. The molecule has 15 heavy (non-hydrogen) atoms. The lowest BCUT2D eigenvalue weighted by atomic mass is 10.0. The fourth-order valence-corrected chi connectivity index (χ4v) is 2.17. The van der Waals surface area contributed by atoms with Gasteiger partial charge in [-0.15, -0.1) is 0 Å². The molecule has 1 aromatic rings. The first-order valence-corrected chi connectivity index (χ1v) is 5.58. The molecule has 1 radical (unpaired) electrons. The summed E-state index contributed by atoms with van der Waals surface area (Å²) in [5, 5.41) is 0. The number of carbonyl (C=O) groups excluding carboxylic acids is 1. The maximum Gasteiger partial charge on any atom is 0.222 e. The van der Waals surface area contributed by atoms with Crippen LogP contribution in [0.4, 0.5) is 0 Å². The lowest BCUT2D eigenvalue weighted by Gasteiger charge is -2.31. The van der Waals surface area contributed by atoms with Gasteiger partial charge in [0, 0.05) is 0 Å². The zero-order valence-corrected chi connectivity index (χ0v) is 8.86. The summed E-state index contributed by atoms with van der Waals surface area (Å²) in [6.45, 7) is 2.05. The van der Waals surface area contributed by atoms with E-state index in [2.05, 4.69) is 11.2 Å². The minimum absolute atomic E-state index is 0.161. The van der Waals surface area contributed by atoms with Crippen LogP contribution in [0.15, 0.2) is 30.3 Å². The summed E-state index contributed by atoms with van der Waals surface area (Å²) in [5.74, 6) is 0. The Bertz CT molecular complexity index is 304. The number of hydrogen-bond acceptors (Lipinski definition) is 2. The maximum atomic E-state index is 11.0. The highest BCUT2D eigenvalue weighted by atomic mass is 16.1. The van der Waals surface area contributed by atoms with Crippen LogP contribution in [0.25, 0.3) is 0 Å². The molecule has 1 saturated heterocycles. The number of piperidine rings is 1. The van der Waals surface area contributed by atoms with Gasteiger partial charge in [-0.3, -0.25) is 9.69 Å². The van der Waals surface area contributed by atoms with Crippen molar-refractivity contribution in [1.29, 1.82) is 0 Å². The van der Waals surface area contributed by atoms with Crippen LogP contribution < -0.4 is 0 Å². The third-order valence-electron chi connectivity index (χ3n) is 2.98. The number of likely N-dealkylation sites (tertiary alicyclic amines) is 1. The summed E-state index contributed by atoms with van der Waals surface area (Å²) < 4.78 is 0. The zero-order valence-electron chi connectivity index (χ0n) is 8.86. The van der Waals surface area contributed by atoms with Crippen LogP contribution in [-0.4, -0.2) is 24.3 Å². The predicted octanol–water partition coefficient (Wildman–Crippen LogP) is 2.32. The molecule has 0 aliphatic carbocycles. The second-order valence-corrected chi connectivity index (χ2v) is 4.03. The van der Waals surface area contributed by atoms with Crippen molar-refractivity contribution in [2.24, 2.45) is 0 Å². The minimum Gasteiger partial charge on any atom is -0.290 e. The van der Waals surface area contributed by atoms with Crippen molar-refractivity contribution in [2.75, 3.05) is 13.1 Å². The monoisotopic (exact) mass is 202 g/mol. The molecule has 2 rings (SSSR count). The van der Waals surface area contributed by atoms with E-state index in [9.17, 15) is 4.79 Å². The molecular weight excluding hydrogens is 186 g/mol. The molecule has 0 amide bonds. The van der Waals surface area contributed by atoms with E-state index in [1.807, 2.05) is 30.3 Å². The van der Waals surface area contributed by atoms with E-state index in [-0.39, 0.29) is 6.04 Å². The first-order valence-electron chi connectivity index (χ1n) is 5.58. The fraction of sp³-hybridized carbons (Fsp3) is 0.462. The Morgan fingerprint density at radius 3 is 2.33 bits per heavy atom. The first kappa shape index (κ1) is 10.4. The van der Waals surface area contributed by atoms with Gasteiger partial charge in [-0.05, 0) is 31.5 Å². The van der Waals surface area contributed by atoms with Crippen LogP contribution in [0, 0.1) is 0 Å². The molecule has 1 aromatic carbocycles. The number of benzene rings is 1. The molecule has 1 atom stereocenters. The van der Waals surface area contributed by atoms with E-state index < -0.39 is 0 Å². The Morgan fingerprint density at radius 1 is 1.07 bits per heavy atom. The summed E-state index contributed by atoms with van der Waals surface area (Å²) in [6, 6.07) is 9.77. The van der Waals surface area contributed by atoms with Gasteiger partial charge in [-0.1, -0.05) is 36.8 Å². The smallest absolute Gasteiger partial charge is 0.222 e. The van der Waals surface area contributed by atoms with Gasteiger partial charge in [0.1, 0.15) is 6.04 Å². The van der Waals surface area contributed by atoms with Crippen molar-refractivity contribution in [3.05, 3.63) is 35.9 Å². The van der Waals surface area contributed by atoms with Crippen LogP contribution in [0.2, 0.25) is 0 Å². The van der Waals surface area contributed by atoms with Crippen molar-refractivity contribution in [2.45, 2.75) is 25.3 Å². The van der Waals surface area contributed by atoms with Gasteiger partial charge < -0.3 is 0 Å². The van der Waals surface area contributed by atoms with Crippen LogP contribution in [-0.2, 0) is 4.79 Å². The maximum absolute atomic E-state index is 11.0. The molecule has 1 aliphatic heterocycles. The average molecular weight is 202 g/mol. The predicted molar refractivity (Wildman–Crippen MR) is 60.3 cm³/mol. The molecule has 0 N–H and O–H groups in total. The second-order valence-electron chi connectivity index (χ2n) is 4.03. The zero-order chi connectivity index (χ0) is 10.5. The van der Waals surface area contributed by atoms with Gasteiger partial charge in [0.2, 0.25) is 6.29 Å². The summed E-state index contributed by atoms with van der Waals surface area (Å²) >= 11 is 0. The van der Waals surface area contributed by atoms with E-state index >= 15 is 0 Å². The van der Waals surface area contributed by atoms with Crippen LogP contribution in [0.3, 0.4) is 0 Å². The molecule has 0 spiro atoms. The molecule has 0 aromatic heterocycles. The Kier molecular flexibility index (Phi) is 3.51. The van der Waals surface area contributed by atoms with Crippen molar-refractivity contribution in [1.82, 2.24) is 4.90 Å². The van der Waals surface area contributed by atoms with E-state index in [1.54, 1.807) is 0 Å². The summed E-state index contributed by atoms with van der Waals surface area (Å²) in [6.07, 6.45) is 5.85. The Balaban J connectivity index is 2.12. The fourth-order valence-electron chi connectivity index (χ4n) is 2.17. The minimum atomic E-state index is -0.161. The lowest BCUT2D eigenvalue weighted by molar-refractivity contribution is 0.199. The van der Waals surface area contributed by atoms with Gasteiger partial charge in [0.25, 0.3) is 0 Å². The van der Waals surface area contributed by atoms with Crippen LogP contribution in [0.5, 0.6) is 0 Å². The normalized spacial score (nSPS) is 19.7. The van der Waals surface area contributed by atoms with Crippen LogP contribution in [0.1, 0.15) is 30.9 Å². The van der Waals surface area contributed by atoms with Gasteiger partial charge in [-0.25, -0.2) is 0 Å². The molecule has 2 nitrogen and oxygen atoms in total. The molecule has 79 valence electrons. The van der Waals surface area contributed by atoms with Gasteiger partial charge in [0.05, 0.1) is 0 Å². The largest absolute Gasteiger partial charge is 0.290 e. The third-order valence-corrected chi connectivity index (χ3v) is 2.98. The van der Waals surface area contributed by atoms with Crippen molar-refractivity contribution < 1.29 is 4.79 Å². The third kappa shape index (κ3) is 2.45. The van der Waals surface area contributed by atoms with Crippen molar-refractivity contribution >= 4 is 6.29 Å². The Hall–Kier alpha value is -1.15. The summed E-state index contributed by atoms with van der Waals surface area (Å²) in [4.78, 5) is 13.3. The molecule has 2 heteroatoms. The molecule has 0 bridgehead atoms. The standard InChI is InChI=1S/C13H16NO/c15-11-13(12-7-3-1-4-8-12)14-9-5-2-6-10-14/h1,3-4,7-8,13H,2,5-6,9-10H2. The van der Waals surface area contributed by atoms with Gasteiger partial charge in [-0.2, -0.15) is 0 Å². The average Bonchev–Trinajstić information content (AvgIpc) is 2.33. The van der Waals surface area contributed by atoms with E-state index in [0.29, 0.717) is 0 Å². The SMILES string of the molecule is O=[C]C(c1ccccc1)N1CCCCC1. The molecular formula is C13H16NO. The number of hydrogen-bond donors (Lipinski definition) is 0. The van der Waals surface area contributed by atoms with Gasteiger partial charge >= 0.3 is 0 Å². The van der Waals surface area contributed by atoms with E-state index in [1.165, 1.54) is 19.3 Å². The highest BCUT2D eigenvalue weighted by molar-refractivity contribution is 5.62. The number of rotatable bonds is 3. The second kappa shape index (κ2) is 5.08. The van der Waals surface area contributed by atoms with Gasteiger partial charge in [0.15, 0.2) is 0 Å². The van der Waals surface area contributed by atoms with E-state index in [4.69, 9.17) is 0 Å². The molecule has 1 aliphatic rings. The van der Waals surface area contributed by atoms with Crippen molar-refractivity contribution in [3.8, 4) is 0 Å². The summed E-state index contributed by atoms with van der Waals surface area (Å²) in [7, 11) is 0. The van der Waals surface area contributed by atoms with Crippen LogP contribution >= 0.6 is 0 Å². The molecule has 1 fully saturated rings. The molecule has 1 heterocycles. The highest BCUT2D eigenvalue weighted by Crippen LogP contribution is 2.22. The topological polar surface area (TPSA) is 20.3 Å². The lowest BCUT2D eigenvalue weighted by Crippen LogP contribution is -2.34. The summed E-state index contributed by atoms with van der Waals surface area (Å²) in [5.41, 5.74) is 1.06. The Labute approximate surface area is 90.9 Å². The van der Waals surface area contributed by atoms with Crippen molar-refractivity contribution in [3.63, 3.8) is 0 Å². The molecule has 1 unspecified atom stereocenters. The highest BCUT2D eigenvalue weighted by Gasteiger charge is 2.21.